The predicted octanol–water partition coefficient (Wildman–Crippen LogP) is 4.55. The van der Waals surface area contributed by atoms with Gasteiger partial charge in [-0.15, -0.1) is 0 Å². The van der Waals surface area contributed by atoms with Gasteiger partial charge < -0.3 is 14.2 Å². The lowest BCUT2D eigenvalue weighted by Gasteiger charge is -2.24. The van der Waals surface area contributed by atoms with Crippen molar-refractivity contribution in [2.24, 2.45) is 5.92 Å². The molecule has 0 amide bonds. The third-order valence-electron chi connectivity index (χ3n) is 4.41. The molecule has 0 heterocycles. The van der Waals surface area contributed by atoms with Gasteiger partial charge in [-0.2, -0.15) is 0 Å². The summed E-state index contributed by atoms with van der Waals surface area (Å²) in [5.74, 6) is 1.46. The Balaban J connectivity index is 1.71. The van der Waals surface area contributed by atoms with Crippen LogP contribution >= 0.6 is 8.25 Å². The fourth-order valence-electron chi connectivity index (χ4n) is 3.17. The van der Waals surface area contributed by atoms with E-state index in [4.69, 9.17) is 14.2 Å². The maximum Gasteiger partial charge on any atom is 0.316 e. The van der Waals surface area contributed by atoms with Gasteiger partial charge in [0.2, 0.25) is 0 Å². The normalized spacial score (nSPS) is 17.9. The molecule has 1 aliphatic carbocycles. The predicted molar refractivity (Wildman–Crippen MR) is 94.4 cm³/mol. The number of hydrogen-bond acceptors (Lipinski definition) is 3. The summed E-state index contributed by atoms with van der Waals surface area (Å²) < 4.78 is 22.1. The zero-order valence-corrected chi connectivity index (χ0v) is 14.7. The fourth-order valence-corrected chi connectivity index (χ4v) is 3.63. The van der Waals surface area contributed by atoms with Crippen LogP contribution in [-0.4, -0.2) is 11.0 Å². The van der Waals surface area contributed by atoms with E-state index in [1.165, 1.54) is 0 Å². The number of ether oxygens (including phenoxy) is 1. The largest absolute Gasteiger partial charge is 0.489 e. The van der Waals surface area contributed by atoms with Gasteiger partial charge >= 0.3 is 8.25 Å². The van der Waals surface area contributed by atoms with Crippen molar-refractivity contribution in [2.45, 2.75) is 38.4 Å². The maximum absolute atomic E-state index is 11.1. The summed E-state index contributed by atoms with van der Waals surface area (Å²) in [5.41, 5.74) is 2.23. The van der Waals surface area contributed by atoms with E-state index < -0.39 is 8.25 Å². The van der Waals surface area contributed by atoms with E-state index in [2.05, 4.69) is 0 Å². The molecule has 1 saturated carbocycles. The molecule has 128 valence electrons. The monoisotopic (exact) mass is 346 g/mol. The zero-order chi connectivity index (χ0) is 16.9. The SMILES string of the molecule is CC(O[PH](=O)O)C(c1cccc(OCc2ccccc2)c1)C1CC1. The Kier molecular flexibility index (Phi) is 5.72. The van der Waals surface area contributed by atoms with Crippen molar-refractivity contribution in [2.75, 3.05) is 0 Å². The van der Waals surface area contributed by atoms with Gasteiger partial charge in [-0.1, -0.05) is 42.5 Å². The van der Waals surface area contributed by atoms with Gasteiger partial charge in [-0.25, -0.2) is 0 Å². The van der Waals surface area contributed by atoms with E-state index in [0.717, 1.165) is 29.7 Å². The Morgan fingerprint density at radius 2 is 1.92 bits per heavy atom. The first kappa shape index (κ1) is 17.2. The molecule has 0 spiro atoms. The minimum atomic E-state index is -2.93. The maximum atomic E-state index is 11.1. The lowest BCUT2D eigenvalue weighted by molar-refractivity contribution is 0.167. The zero-order valence-electron chi connectivity index (χ0n) is 13.7. The summed E-state index contributed by atoms with van der Waals surface area (Å²) in [5, 5.41) is 0. The van der Waals surface area contributed by atoms with E-state index in [9.17, 15) is 4.57 Å². The van der Waals surface area contributed by atoms with Crippen LogP contribution in [0.3, 0.4) is 0 Å². The Morgan fingerprint density at radius 1 is 1.17 bits per heavy atom. The molecule has 3 rings (SSSR count). The lowest BCUT2D eigenvalue weighted by Crippen LogP contribution is -2.18. The molecule has 0 radical (unpaired) electrons. The van der Waals surface area contributed by atoms with Crippen LogP contribution in [0.15, 0.2) is 54.6 Å². The molecule has 4 nitrogen and oxygen atoms in total. The van der Waals surface area contributed by atoms with E-state index >= 15 is 0 Å². The standard InChI is InChI=1S/C19H23O4P/c1-14(23-24(20)21)19(16-10-11-16)17-8-5-9-18(12-17)22-13-15-6-3-2-4-7-15/h2-9,12,14,16,19,24H,10-11,13H2,1H3,(H,20,21). The first-order chi connectivity index (χ1) is 11.6. The number of hydrogen-bond donors (Lipinski definition) is 1. The molecule has 2 aromatic carbocycles. The minimum Gasteiger partial charge on any atom is -0.489 e. The van der Waals surface area contributed by atoms with Crippen molar-refractivity contribution in [1.82, 2.24) is 0 Å². The average Bonchev–Trinajstić information content (AvgIpc) is 3.39. The Bertz CT molecular complexity index is 685. The number of rotatable bonds is 8. The molecule has 0 bridgehead atoms. The highest BCUT2D eigenvalue weighted by Crippen LogP contribution is 2.47. The first-order valence-corrected chi connectivity index (χ1v) is 9.56. The highest BCUT2D eigenvalue weighted by Gasteiger charge is 2.37. The third-order valence-corrected chi connectivity index (χ3v) is 4.99. The van der Waals surface area contributed by atoms with Gasteiger partial charge in [0.05, 0.1) is 6.10 Å². The summed E-state index contributed by atoms with van der Waals surface area (Å²) in [6.07, 6.45) is 2.00. The van der Waals surface area contributed by atoms with E-state index in [-0.39, 0.29) is 12.0 Å². The molecule has 5 heteroatoms. The first-order valence-electron chi connectivity index (χ1n) is 8.30. The lowest BCUT2D eigenvalue weighted by atomic mass is 9.89. The smallest absolute Gasteiger partial charge is 0.316 e. The summed E-state index contributed by atoms with van der Waals surface area (Å²) in [6.45, 7) is 2.40. The molecule has 1 aliphatic rings. The van der Waals surface area contributed by atoms with Gasteiger partial charge in [0, 0.05) is 5.92 Å². The second-order valence-corrected chi connectivity index (χ2v) is 7.07. The van der Waals surface area contributed by atoms with E-state index in [1.54, 1.807) is 0 Å². The molecular formula is C19H23O4P. The van der Waals surface area contributed by atoms with Crippen LogP contribution in [0, 0.1) is 5.92 Å². The van der Waals surface area contributed by atoms with Gasteiger partial charge in [-0.05, 0) is 48.9 Å². The van der Waals surface area contributed by atoms with Gasteiger partial charge in [0.25, 0.3) is 0 Å². The van der Waals surface area contributed by atoms with Gasteiger partial charge in [0.15, 0.2) is 0 Å². The van der Waals surface area contributed by atoms with Crippen molar-refractivity contribution in [3.8, 4) is 5.75 Å². The van der Waals surface area contributed by atoms with Crippen LogP contribution in [0.2, 0.25) is 0 Å². The van der Waals surface area contributed by atoms with Crippen molar-refractivity contribution in [3.05, 3.63) is 65.7 Å². The van der Waals surface area contributed by atoms with E-state index in [0.29, 0.717) is 12.5 Å². The van der Waals surface area contributed by atoms with Crippen LogP contribution in [0.1, 0.15) is 36.8 Å². The average molecular weight is 346 g/mol. The van der Waals surface area contributed by atoms with Crippen LogP contribution < -0.4 is 4.74 Å². The summed E-state index contributed by atoms with van der Waals surface area (Å²) in [4.78, 5) is 9.09. The molecule has 24 heavy (non-hydrogen) atoms. The van der Waals surface area contributed by atoms with Crippen molar-refractivity contribution < 1.29 is 18.7 Å². The van der Waals surface area contributed by atoms with Gasteiger partial charge in [-0.3, -0.25) is 4.57 Å². The minimum absolute atomic E-state index is 0.131. The second-order valence-electron chi connectivity index (χ2n) is 6.30. The Labute approximate surface area is 143 Å². The molecule has 0 saturated heterocycles. The topological polar surface area (TPSA) is 55.8 Å². The molecule has 1 fully saturated rings. The fraction of sp³-hybridized carbons (Fsp3) is 0.368. The highest BCUT2D eigenvalue weighted by atomic mass is 31.1. The molecular weight excluding hydrogens is 323 g/mol. The highest BCUT2D eigenvalue weighted by molar-refractivity contribution is 7.32. The van der Waals surface area contributed by atoms with Crippen molar-refractivity contribution >= 4 is 8.25 Å². The molecule has 0 aromatic heterocycles. The molecule has 3 unspecified atom stereocenters. The molecule has 0 aliphatic heterocycles. The molecule has 2 aromatic rings. The second kappa shape index (κ2) is 7.98. The third kappa shape index (κ3) is 4.70. The van der Waals surface area contributed by atoms with Crippen LogP contribution in [-0.2, 0) is 15.7 Å². The quantitative estimate of drug-likeness (QED) is 0.713. The van der Waals surface area contributed by atoms with Crippen molar-refractivity contribution in [3.63, 3.8) is 0 Å². The van der Waals surface area contributed by atoms with Crippen molar-refractivity contribution in [1.29, 1.82) is 0 Å². The molecule has 1 N–H and O–H groups in total. The summed E-state index contributed by atoms with van der Waals surface area (Å²) in [7, 11) is -2.93. The summed E-state index contributed by atoms with van der Waals surface area (Å²) in [6, 6.07) is 18.0. The van der Waals surface area contributed by atoms with Crippen LogP contribution in [0.5, 0.6) is 5.75 Å². The summed E-state index contributed by atoms with van der Waals surface area (Å²) >= 11 is 0. The molecule has 3 atom stereocenters. The Morgan fingerprint density at radius 3 is 2.58 bits per heavy atom. The van der Waals surface area contributed by atoms with Crippen LogP contribution in [0.4, 0.5) is 0 Å². The van der Waals surface area contributed by atoms with E-state index in [1.807, 2.05) is 61.5 Å². The van der Waals surface area contributed by atoms with Crippen LogP contribution in [0.25, 0.3) is 0 Å². The Hall–Kier alpha value is -1.61. The number of benzene rings is 2. The van der Waals surface area contributed by atoms with Gasteiger partial charge in [0.1, 0.15) is 12.4 Å².